The van der Waals surface area contributed by atoms with E-state index in [9.17, 15) is 27.9 Å². The zero-order valence-corrected chi connectivity index (χ0v) is 12.5. The number of hydrogen-bond acceptors (Lipinski definition) is 2. The monoisotopic (exact) mass is 357 g/mol. The van der Waals surface area contributed by atoms with Gasteiger partial charge in [0.25, 0.3) is 0 Å². The van der Waals surface area contributed by atoms with Crippen molar-refractivity contribution < 1.29 is 27.9 Å². The number of carbonyl (C=O) groups is 2. The van der Waals surface area contributed by atoms with E-state index in [1.165, 1.54) is 24.3 Å². The molecule has 5 nitrogen and oxygen atoms in total. The largest absolute Gasteiger partial charge is 0.417 e. The van der Waals surface area contributed by atoms with Crippen LogP contribution in [-0.2, 0) is 20.9 Å². The summed E-state index contributed by atoms with van der Waals surface area (Å²) in [5, 5.41) is 14.7. The van der Waals surface area contributed by atoms with Crippen molar-refractivity contribution in [2.24, 2.45) is 0 Å². The Balaban J connectivity index is 2.09. The summed E-state index contributed by atoms with van der Waals surface area (Å²) < 4.78 is 38.2. The second-order valence-corrected chi connectivity index (χ2v) is 5.03. The Morgan fingerprint density at radius 3 is 1.92 bits per heavy atom. The van der Waals surface area contributed by atoms with Crippen molar-refractivity contribution in [2.75, 3.05) is 10.6 Å². The van der Waals surface area contributed by atoms with E-state index < -0.39 is 28.6 Å². The molecular formula is C15H9ClF3N2O3. The smallest absolute Gasteiger partial charge is 0.318 e. The highest BCUT2D eigenvalue weighted by Crippen LogP contribution is 2.36. The number of alkyl halides is 3. The summed E-state index contributed by atoms with van der Waals surface area (Å²) in [4.78, 5) is 23.4. The topological polar surface area (TPSA) is 78.1 Å². The fraction of sp³-hybridized carbons (Fsp3) is 0.0667. The van der Waals surface area contributed by atoms with E-state index in [2.05, 4.69) is 5.32 Å². The molecule has 24 heavy (non-hydrogen) atoms. The average molecular weight is 358 g/mol. The van der Waals surface area contributed by atoms with Crippen LogP contribution < -0.4 is 10.6 Å². The first-order valence-corrected chi connectivity index (χ1v) is 6.81. The molecule has 2 aromatic rings. The van der Waals surface area contributed by atoms with Crippen molar-refractivity contribution in [3.63, 3.8) is 0 Å². The van der Waals surface area contributed by atoms with Gasteiger partial charge in [-0.15, -0.1) is 0 Å². The zero-order chi connectivity index (χ0) is 17.9. The molecule has 0 aromatic heterocycles. The maximum absolute atomic E-state index is 12.7. The normalized spacial score (nSPS) is 11.0. The lowest BCUT2D eigenvalue weighted by Gasteiger charge is -2.11. The molecule has 0 saturated heterocycles. The van der Waals surface area contributed by atoms with Gasteiger partial charge >= 0.3 is 18.0 Å². The molecule has 2 aromatic carbocycles. The average Bonchev–Trinajstić information content (AvgIpc) is 2.50. The quantitative estimate of drug-likeness (QED) is 0.794. The van der Waals surface area contributed by atoms with Crippen LogP contribution in [0.1, 0.15) is 5.56 Å². The molecule has 2 rings (SSSR count). The maximum Gasteiger partial charge on any atom is 0.417 e. The fourth-order valence-corrected chi connectivity index (χ4v) is 1.96. The Bertz CT molecular complexity index is 777. The lowest BCUT2D eigenvalue weighted by atomic mass is 10.2. The third-order valence-electron chi connectivity index (χ3n) is 2.85. The molecule has 0 saturated carbocycles. The van der Waals surface area contributed by atoms with Crippen LogP contribution in [0.3, 0.4) is 0 Å². The van der Waals surface area contributed by atoms with Crippen molar-refractivity contribution in [1.82, 2.24) is 0 Å². The first kappa shape index (κ1) is 17.6. The number of amides is 2. The molecule has 0 bridgehead atoms. The summed E-state index contributed by atoms with van der Waals surface area (Å²) in [5.41, 5.74) is -1.17. The van der Waals surface area contributed by atoms with Crippen LogP contribution in [0.4, 0.5) is 24.5 Å². The third kappa shape index (κ3) is 4.39. The van der Waals surface area contributed by atoms with Crippen LogP contribution in [0.5, 0.6) is 5.75 Å². The number of rotatable bonds is 2. The number of benzene rings is 2. The highest BCUT2D eigenvalue weighted by atomic mass is 35.5. The Morgan fingerprint density at radius 2 is 1.38 bits per heavy atom. The lowest BCUT2D eigenvalue weighted by molar-refractivity contribution is -0.137. The van der Waals surface area contributed by atoms with Crippen LogP contribution in [0.15, 0.2) is 42.5 Å². The highest BCUT2D eigenvalue weighted by molar-refractivity contribution is 6.43. The van der Waals surface area contributed by atoms with Gasteiger partial charge in [0.2, 0.25) is 0 Å². The van der Waals surface area contributed by atoms with Crippen LogP contribution in [0.2, 0.25) is 5.02 Å². The predicted octanol–water partition coefficient (Wildman–Crippen LogP) is 4.08. The highest BCUT2D eigenvalue weighted by Gasteiger charge is 2.33. The van der Waals surface area contributed by atoms with Crippen molar-refractivity contribution in [3.8, 4) is 5.75 Å². The maximum atomic E-state index is 12.7. The third-order valence-corrected chi connectivity index (χ3v) is 3.18. The molecule has 9 heteroatoms. The number of halogens is 4. The molecule has 0 aliphatic rings. The fourth-order valence-electron chi connectivity index (χ4n) is 1.73. The van der Waals surface area contributed by atoms with E-state index >= 15 is 0 Å². The van der Waals surface area contributed by atoms with Crippen LogP contribution in [0, 0.1) is 0 Å². The van der Waals surface area contributed by atoms with Gasteiger partial charge in [0.05, 0.1) is 10.6 Å². The van der Waals surface area contributed by atoms with E-state index in [0.29, 0.717) is 6.07 Å². The second kappa shape index (κ2) is 6.79. The first-order valence-electron chi connectivity index (χ1n) is 6.43. The molecule has 2 amide bonds. The lowest BCUT2D eigenvalue weighted by Crippen LogP contribution is -2.29. The Kier molecular flexibility index (Phi) is 4.99. The Morgan fingerprint density at radius 1 is 0.875 bits per heavy atom. The number of anilines is 2. The van der Waals surface area contributed by atoms with Crippen LogP contribution >= 0.6 is 11.6 Å². The molecule has 0 aliphatic heterocycles. The molecule has 1 radical (unpaired) electrons. The van der Waals surface area contributed by atoms with Crippen LogP contribution in [-0.4, -0.2) is 11.8 Å². The molecule has 2 N–H and O–H groups in total. The number of hydrogen-bond donors (Lipinski definition) is 2. The summed E-state index contributed by atoms with van der Waals surface area (Å²) in [6.07, 6.45) is -4.69. The standard InChI is InChI=1S/C15H9ClF3N2O3/c16-12-6-3-9(7-11(12)15(17,18)19)21-14(24)13(23)20-8-1-4-10(22)5-2-8/h1-7H,(H,20,23)(H,21,24). The summed E-state index contributed by atoms with van der Waals surface area (Å²) in [5.74, 6) is -2.55. The van der Waals surface area contributed by atoms with Crippen molar-refractivity contribution >= 4 is 34.8 Å². The molecule has 0 aliphatic carbocycles. The van der Waals surface area contributed by atoms with Gasteiger partial charge in [-0.3, -0.25) is 14.7 Å². The van der Waals surface area contributed by atoms with Gasteiger partial charge in [0, 0.05) is 11.4 Å². The van der Waals surface area contributed by atoms with Gasteiger partial charge in [-0.2, -0.15) is 13.2 Å². The van der Waals surface area contributed by atoms with Gasteiger partial charge in [-0.05, 0) is 42.5 Å². The van der Waals surface area contributed by atoms with Gasteiger partial charge in [0.15, 0.2) is 5.75 Å². The molecule has 0 spiro atoms. The minimum absolute atomic E-state index is 0.196. The molecular weight excluding hydrogens is 349 g/mol. The van der Waals surface area contributed by atoms with Gasteiger partial charge in [0.1, 0.15) is 0 Å². The first-order chi connectivity index (χ1) is 11.2. The molecule has 0 heterocycles. The summed E-state index contributed by atoms with van der Waals surface area (Å²) in [6.45, 7) is 0. The molecule has 0 unspecified atom stereocenters. The van der Waals surface area contributed by atoms with Crippen LogP contribution in [0.25, 0.3) is 0 Å². The molecule has 0 fully saturated rings. The SMILES string of the molecule is [O]c1ccc(NC(=O)C(=O)Nc2ccc(Cl)c(C(F)(F)F)c2)cc1. The Hall–Kier alpha value is -2.74. The second-order valence-electron chi connectivity index (χ2n) is 4.63. The van der Waals surface area contributed by atoms with E-state index in [4.69, 9.17) is 11.6 Å². The van der Waals surface area contributed by atoms with Crippen molar-refractivity contribution in [3.05, 3.63) is 53.1 Å². The Labute approximate surface area is 139 Å². The van der Waals surface area contributed by atoms with E-state index in [1.807, 2.05) is 5.32 Å². The predicted molar refractivity (Wildman–Crippen MR) is 80.3 cm³/mol. The van der Waals surface area contributed by atoms with E-state index in [-0.39, 0.29) is 17.1 Å². The van der Waals surface area contributed by atoms with Gasteiger partial charge in [-0.1, -0.05) is 11.6 Å². The molecule has 125 valence electrons. The van der Waals surface area contributed by atoms with Gasteiger partial charge in [-0.25, -0.2) is 0 Å². The summed E-state index contributed by atoms with van der Waals surface area (Å²) in [7, 11) is 0. The zero-order valence-electron chi connectivity index (χ0n) is 11.8. The van der Waals surface area contributed by atoms with Crippen molar-refractivity contribution in [1.29, 1.82) is 0 Å². The van der Waals surface area contributed by atoms with E-state index in [0.717, 1.165) is 12.1 Å². The number of carbonyl (C=O) groups excluding carboxylic acids is 2. The van der Waals surface area contributed by atoms with Gasteiger partial charge < -0.3 is 10.6 Å². The molecule has 0 atom stereocenters. The summed E-state index contributed by atoms with van der Waals surface area (Å²) in [6, 6.07) is 7.67. The van der Waals surface area contributed by atoms with E-state index in [1.54, 1.807) is 0 Å². The number of nitrogens with one attached hydrogen (secondary N) is 2. The minimum Gasteiger partial charge on any atom is -0.318 e. The minimum atomic E-state index is -4.69. The summed E-state index contributed by atoms with van der Waals surface area (Å²) >= 11 is 5.46. The van der Waals surface area contributed by atoms with Crippen molar-refractivity contribution in [2.45, 2.75) is 6.18 Å².